The quantitative estimate of drug-likeness (QED) is 0.195. The second-order valence-electron chi connectivity index (χ2n) is 11.6. The molecule has 0 bridgehead atoms. The Morgan fingerprint density at radius 2 is 1.90 bits per heavy atom. The number of aliphatic hydroxyl groups excluding tert-OH is 2. The van der Waals surface area contributed by atoms with Crippen LogP contribution < -0.4 is 21.1 Å². The van der Waals surface area contributed by atoms with Gasteiger partial charge < -0.3 is 26.6 Å². The molecule has 0 radical (unpaired) electrons. The van der Waals surface area contributed by atoms with Crippen molar-refractivity contribution < 1.29 is 32.2 Å². The molecular weight excluding hydrogens is 613 g/mol. The minimum Gasteiger partial charge on any atom is -0.394 e. The van der Waals surface area contributed by atoms with Crippen molar-refractivity contribution in [3.63, 3.8) is 0 Å². The Labute approximate surface area is 255 Å². The van der Waals surface area contributed by atoms with Crippen molar-refractivity contribution in [1.29, 1.82) is 0 Å². The molecule has 2 aromatic rings. The van der Waals surface area contributed by atoms with E-state index in [1.807, 2.05) is 13.8 Å². The number of carbonyl (C=O) groups excluding carboxylic acids is 1. The number of halogens is 4. The Kier molecular flexibility index (Phi) is 11.4. The number of carbonyl (C=O) groups is 1. The van der Waals surface area contributed by atoms with Gasteiger partial charge >= 0.3 is 0 Å². The number of nitrogens with one attached hydrogen (secondary N) is 3. The second kappa shape index (κ2) is 13.8. The van der Waals surface area contributed by atoms with Gasteiger partial charge in [-0.3, -0.25) is 4.79 Å². The van der Waals surface area contributed by atoms with Gasteiger partial charge in [0.05, 0.1) is 35.6 Å². The third-order valence-corrected chi connectivity index (χ3v) is 8.97. The normalized spacial score (nSPS) is 23.6. The fourth-order valence-electron chi connectivity index (χ4n) is 5.58. The van der Waals surface area contributed by atoms with Gasteiger partial charge in [0.2, 0.25) is 15.9 Å². The van der Waals surface area contributed by atoms with Crippen molar-refractivity contribution in [1.82, 2.24) is 15.4 Å². The van der Waals surface area contributed by atoms with Gasteiger partial charge in [-0.1, -0.05) is 55.2 Å². The van der Waals surface area contributed by atoms with E-state index in [4.69, 9.17) is 34.0 Å². The Morgan fingerprint density at radius 3 is 2.52 bits per heavy atom. The largest absolute Gasteiger partial charge is 0.394 e. The molecule has 7 N–H and O–H groups in total. The predicted octanol–water partition coefficient (Wildman–Crippen LogP) is 2.76. The van der Waals surface area contributed by atoms with E-state index in [9.17, 15) is 18.3 Å². The van der Waals surface area contributed by atoms with Crippen LogP contribution in [0, 0.1) is 17.0 Å². The summed E-state index contributed by atoms with van der Waals surface area (Å²) in [4.78, 5) is 13.6. The zero-order valence-electron chi connectivity index (χ0n) is 23.6. The van der Waals surface area contributed by atoms with Gasteiger partial charge in [-0.25, -0.2) is 21.9 Å². The standard InChI is InChI=1S/C28H38Cl2F2N4O5S/c1-27(2,10-12-35-42(3,40)41)14-22-28(33,19-8-7-16(29)13-21(19)31)23(18-5-4-6-20(30)24(18)32)25(36-22)26(39)34-11-9-17(38)15-37/h4-8,13,17,22-23,25,35-38H,9-12,14-15,33H2,1-3H3,(H,34,39)/t17-,22-,23-,25+,28+/m0/s1. The van der Waals surface area contributed by atoms with Crippen LogP contribution in [0.1, 0.15) is 50.2 Å². The highest BCUT2D eigenvalue weighted by molar-refractivity contribution is 7.88. The molecule has 1 amide bonds. The van der Waals surface area contributed by atoms with Gasteiger partial charge in [-0.15, -0.1) is 0 Å². The molecule has 1 aliphatic heterocycles. The highest BCUT2D eigenvalue weighted by Gasteiger charge is 2.58. The van der Waals surface area contributed by atoms with Crippen LogP contribution >= 0.6 is 23.2 Å². The summed E-state index contributed by atoms with van der Waals surface area (Å²) in [5, 5.41) is 24.7. The summed E-state index contributed by atoms with van der Waals surface area (Å²) >= 11 is 12.2. The topological polar surface area (TPSA) is 154 Å². The van der Waals surface area contributed by atoms with Gasteiger partial charge in [0.1, 0.15) is 11.6 Å². The van der Waals surface area contributed by atoms with E-state index < -0.39 is 69.2 Å². The molecular formula is C28H38Cl2F2N4O5S. The molecule has 1 fully saturated rings. The molecule has 5 atom stereocenters. The van der Waals surface area contributed by atoms with Crippen LogP contribution in [0.4, 0.5) is 8.78 Å². The monoisotopic (exact) mass is 650 g/mol. The van der Waals surface area contributed by atoms with Gasteiger partial charge in [-0.2, -0.15) is 0 Å². The summed E-state index contributed by atoms with van der Waals surface area (Å²) in [6.07, 6.45) is 0.689. The van der Waals surface area contributed by atoms with Crippen molar-refractivity contribution in [2.24, 2.45) is 11.1 Å². The van der Waals surface area contributed by atoms with Crippen LogP contribution in [-0.2, 0) is 20.4 Å². The van der Waals surface area contributed by atoms with E-state index in [-0.39, 0.29) is 47.1 Å². The summed E-state index contributed by atoms with van der Waals surface area (Å²) in [7, 11) is -3.43. The van der Waals surface area contributed by atoms with E-state index in [0.717, 1.165) is 12.3 Å². The van der Waals surface area contributed by atoms with Crippen LogP contribution in [0.2, 0.25) is 10.0 Å². The molecule has 1 aliphatic rings. The predicted molar refractivity (Wildman–Crippen MR) is 159 cm³/mol. The third-order valence-electron chi connectivity index (χ3n) is 7.71. The molecule has 3 rings (SSSR count). The molecule has 0 aromatic heterocycles. The van der Waals surface area contributed by atoms with Crippen LogP contribution in [0.25, 0.3) is 0 Å². The first-order valence-electron chi connectivity index (χ1n) is 13.5. The number of rotatable bonds is 13. The fraction of sp³-hybridized carbons (Fsp3) is 0.536. The molecule has 0 saturated carbocycles. The van der Waals surface area contributed by atoms with Crippen LogP contribution in [0.3, 0.4) is 0 Å². The highest BCUT2D eigenvalue weighted by atomic mass is 35.5. The molecule has 234 valence electrons. The molecule has 0 spiro atoms. The molecule has 1 saturated heterocycles. The maximum absolute atomic E-state index is 15.7. The number of benzene rings is 2. The summed E-state index contributed by atoms with van der Waals surface area (Å²) in [5.41, 5.74) is 4.89. The van der Waals surface area contributed by atoms with Gasteiger partial charge in [-0.05, 0) is 48.4 Å². The lowest BCUT2D eigenvalue weighted by Gasteiger charge is -2.40. The maximum atomic E-state index is 15.7. The minimum atomic E-state index is -3.43. The lowest BCUT2D eigenvalue weighted by molar-refractivity contribution is -0.123. The van der Waals surface area contributed by atoms with Gasteiger partial charge in [0, 0.05) is 35.6 Å². The molecule has 2 aromatic carbocycles. The number of hydrogen-bond acceptors (Lipinski definition) is 7. The van der Waals surface area contributed by atoms with Crippen molar-refractivity contribution in [2.75, 3.05) is 26.0 Å². The molecule has 42 heavy (non-hydrogen) atoms. The molecule has 14 heteroatoms. The zero-order valence-corrected chi connectivity index (χ0v) is 26.0. The maximum Gasteiger partial charge on any atom is 0.237 e. The van der Waals surface area contributed by atoms with Crippen molar-refractivity contribution in [3.05, 3.63) is 69.2 Å². The second-order valence-corrected chi connectivity index (χ2v) is 14.3. The van der Waals surface area contributed by atoms with E-state index in [1.165, 1.54) is 30.3 Å². The Morgan fingerprint density at radius 1 is 1.21 bits per heavy atom. The molecule has 0 aliphatic carbocycles. The number of aliphatic hydroxyl groups is 2. The SMILES string of the molecule is CC(C)(CCNS(C)(=O)=O)C[C@@H]1N[C@@H](C(=O)NCC[C@H](O)CO)[C@H](c2cccc(Cl)c2F)[C@@]1(N)c1ccc(Cl)cc1F. The lowest BCUT2D eigenvalue weighted by atomic mass is 9.67. The number of hydrogen-bond donors (Lipinski definition) is 6. The van der Waals surface area contributed by atoms with E-state index in [1.54, 1.807) is 0 Å². The van der Waals surface area contributed by atoms with Gasteiger partial charge in [0.15, 0.2) is 0 Å². The molecule has 9 nitrogen and oxygen atoms in total. The molecule has 0 unspecified atom stereocenters. The fourth-order valence-corrected chi connectivity index (χ4v) is 6.40. The number of amides is 1. The van der Waals surface area contributed by atoms with E-state index >= 15 is 8.78 Å². The number of nitrogens with two attached hydrogens (primary N) is 1. The Bertz CT molecular complexity index is 1380. The first kappa shape index (κ1) is 34.6. The van der Waals surface area contributed by atoms with E-state index in [0.29, 0.717) is 6.42 Å². The lowest BCUT2D eigenvalue weighted by Crippen LogP contribution is -2.52. The third kappa shape index (κ3) is 8.17. The smallest absolute Gasteiger partial charge is 0.237 e. The van der Waals surface area contributed by atoms with Crippen LogP contribution in [-0.4, -0.2) is 68.7 Å². The van der Waals surface area contributed by atoms with Crippen LogP contribution in [0.5, 0.6) is 0 Å². The summed E-state index contributed by atoms with van der Waals surface area (Å²) in [5.74, 6) is -3.29. The average Bonchev–Trinajstić information content (AvgIpc) is 3.16. The van der Waals surface area contributed by atoms with Crippen LogP contribution in [0.15, 0.2) is 36.4 Å². The minimum absolute atomic E-state index is 0.00134. The first-order chi connectivity index (χ1) is 19.5. The number of sulfonamides is 1. The first-order valence-corrected chi connectivity index (χ1v) is 16.1. The van der Waals surface area contributed by atoms with Gasteiger partial charge in [0.25, 0.3) is 0 Å². The highest BCUT2D eigenvalue weighted by Crippen LogP contribution is 2.50. The Hall–Kier alpha value is -1.90. The Balaban J connectivity index is 2.13. The van der Waals surface area contributed by atoms with Crippen molar-refractivity contribution in [2.45, 2.75) is 62.8 Å². The van der Waals surface area contributed by atoms with E-state index in [2.05, 4.69) is 15.4 Å². The van der Waals surface area contributed by atoms with Crippen molar-refractivity contribution in [3.8, 4) is 0 Å². The zero-order chi connectivity index (χ0) is 31.5. The summed E-state index contributed by atoms with van der Waals surface area (Å²) < 4.78 is 57.1. The average molecular weight is 652 g/mol. The molecule has 1 heterocycles. The summed E-state index contributed by atoms with van der Waals surface area (Å²) in [6.45, 7) is 3.42. The summed E-state index contributed by atoms with van der Waals surface area (Å²) in [6, 6.07) is 6.30. The van der Waals surface area contributed by atoms with Crippen molar-refractivity contribution >= 4 is 39.1 Å².